The molecule has 0 spiro atoms. The SMILES string of the molecule is CC(C)(C)OC(=O)NCCN1CCc2cnc(C(F)(F)F)nc2C1. The van der Waals surface area contributed by atoms with E-state index in [1.807, 2.05) is 4.90 Å². The van der Waals surface area contributed by atoms with Gasteiger partial charge >= 0.3 is 12.3 Å². The van der Waals surface area contributed by atoms with Crippen molar-refractivity contribution in [3.05, 3.63) is 23.3 Å². The van der Waals surface area contributed by atoms with Crippen LogP contribution in [-0.2, 0) is 23.9 Å². The van der Waals surface area contributed by atoms with Crippen LogP contribution in [0.5, 0.6) is 0 Å². The average molecular weight is 346 g/mol. The van der Waals surface area contributed by atoms with E-state index in [0.717, 1.165) is 5.56 Å². The van der Waals surface area contributed by atoms with Crippen LogP contribution in [0.15, 0.2) is 6.20 Å². The van der Waals surface area contributed by atoms with E-state index in [4.69, 9.17) is 4.74 Å². The lowest BCUT2D eigenvalue weighted by molar-refractivity contribution is -0.145. The summed E-state index contributed by atoms with van der Waals surface area (Å²) in [5, 5.41) is 2.63. The number of alkyl carbamates (subject to hydrolysis) is 1. The van der Waals surface area contributed by atoms with Crippen molar-refractivity contribution >= 4 is 6.09 Å². The summed E-state index contributed by atoms with van der Waals surface area (Å²) in [4.78, 5) is 20.5. The van der Waals surface area contributed by atoms with Crippen molar-refractivity contribution in [2.24, 2.45) is 0 Å². The molecular weight excluding hydrogens is 325 g/mol. The fraction of sp³-hybridized carbons (Fsp3) is 0.667. The van der Waals surface area contributed by atoms with Crippen molar-refractivity contribution in [1.29, 1.82) is 0 Å². The van der Waals surface area contributed by atoms with Crippen molar-refractivity contribution in [3.63, 3.8) is 0 Å². The minimum atomic E-state index is -4.55. The zero-order valence-electron chi connectivity index (χ0n) is 13.9. The van der Waals surface area contributed by atoms with Gasteiger partial charge in [-0.3, -0.25) is 4.90 Å². The van der Waals surface area contributed by atoms with Gasteiger partial charge in [-0.25, -0.2) is 14.8 Å². The Hall–Kier alpha value is -1.90. The van der Waals surface area contributed by atoms with E-state index in [1.54, 1.807) is 20.8 Å². The molecule has 0 atom stereocenters. The topological polar surface area (TPSA) is 67.3 Å². The fourth-order valence-electron chi connectivity index (χ4n) is 2.31. The van der Waals surface area contributed by atoms with Crippen molar-refractivity contribution in [1.82, 2.24) is 20.2 Å². The van der Waals surface area contributed by atoms with Gasteiger partial charge in [0, 0.05) is 32.4 Å². The van der Waals surface area contributed by atoms with Gasteiger partial charge in [-0.2, -0.15) is 13.2 Å². The number of carbonyl (C=O) groups is 1. The zero-order valence-corrected chi connectivity index (χ0v) is 13.9. The van der Waals surface area contributed by atoms with Gasteiger partial charge in [0.2, 0.25) is 5.82 Å². The molecule has 1 aromatic rings. The fourth-order valence-corrected chi connectivity index (χ4v) is 2.31. The molecule has 1 aromatic heterocycles. The number of hydrogen-bond donors (Lipinski definition) is 1. The van der Waals surface area contributed by atoms with E-state index in [-0.39, 0.29) is 0 Å². The smallest absolute Gasteiger partial charge is 0.444 e. The Kier molecular flexibility index (Phi) is 5.32. The number of alkyl halides is 3. The van der Waals surface area contributed by atoms with E-state index in [9.17, 15) is 18.0 Å². The highest BCUT2D eigenvalue weighted by Gasteiger charge is 2.35. The van der Waals surface area contributed by atoms with Crippen LogP contribution in [0, 0.1) is 0 Å². The van der Waals surface area contributed by atoms with Gasteiger partial charge in [0.25, 0.3) is 0 Å². The molecule has 24 heavy (non-hydrogen) atoms. The molecule has 6 nitrogen and oxygen atoms in total. The summed E-state index contributed by atoms with van der Waals surface area (Å²) in [6, 6.07) is 0. The summed E-state index contributed by atoms with van der Waals surface area (Å²) in [5.41, 5.74) is 0.555. The van der Waals surface area contributed by atoms with E-state index in [1.165, 1.54) is 6.20 Å². The van der Waals surface area contributed by atoms with E-state index in [0.29, 0.717) is 38.3 Å². The lowest BCUT2D eigenvalue weighted by Crippen LogP contribution is -2.40. The Bertz CT molecular complexity index is 599. The number of rotatable bonds is 3. The summed E-state index contributed by atoms with van der Waals surface area (Å²) in [6.07, 6.45) is -3.22. The first-order chi connectivity index (χ1) is 11.0. The maximum absolute atomic E-state index is 12.7. The van der Waals surface area contributed by atoms with Crippen LogP contribution in [0.25, 0.3) is 0 Å². The van der Waals surface area contributed by atoms with Crippen LogP contribution in [0.4, 0.5) is 18.0 Å². The van der Waals surface area contributed by atoms with E-state index in [2.05, 4.69) is 15.3 Å². The van der Waals surface area contributed by atoms with Crippen molar-refractivity contribution in [2.75, 3.05) is 19.6 Å². The third-order valence-electron chi connectivity index (χ3n) is 3.37. The number of ether oxygens (including phenoxy) is 1. The van der Waals surface area contributed by atoms with Crippen LogP contribution in [0.1, 0.15) is 37.9 Å². The summed E-state index contributed by atoms with van der Waals surface area (Å²) in [6.45, 7) is 7.14. The third-order valence-corrected chi connectivity index (χ3v) is 3.37. The maximum atomic E-state index is 12.7. The number of halogens is 3. The van der Waals surface area contributed by atoms with Gasteiger partial charge in [-0.15, -0.1) is 0 Å². The standard InChI is InChI=1S/C15H21F3N4O2/c1-14(2,3)24-13(23)19-5-7-22-6-4-10-8-20-12(15(16,17)18)21-11(10)9-22/h8H,4-7,9H2,1-3H3,(H,19,23). The molecule has 1 aliphatic rings. The summed E-state index contributed by atoms with van der Waals surface area (Å²) < 4.78 is 43.2. The molecule has 2 rings (SSSR count). The molecule has 134 valence electrons. The van der Waals surface area contributed by atoms with Gasteiger partial charge in [0.15, 0.2) is 0 Å². The summed E-state index contributed by atoms with van der Waals surface area (Å²) in [7, 11) is 0. The minimum absolute atomic E-state index is 0.303. The number of hydrogen-bond acceptors (Lipinski definition) is 5. The van der Waals surface area contributed by atoms with Crippen LogP contribution < -0.4 is 5.32 Å². The quantitative estimate of drug-likeness (QED) is 0.910. The van der Waals surface area contributed by atoms with Gasteiger partial charge in [0.1, 0.15) is 5.60 Å². The van der Waals surface area contributed by atoms with Gasteiger partial charge < -0.3 is 10.1 Å². The highest BCUT2D eigenvalue weighted by atomic mass is 19.4. The lowest BCUT2D eigenvalue weighted by Gasteiger charge is -2.28. The summed E-state index contributed by atoms with van der Waals surface area (Å²) in [5.74, 6) is -1.12. The first kappa shape index (κ1) is 18.4. The maximum Gasteiger partial charge on any atom is 0.451 e. The molecule has 0 saturated carbocycles. The van der Waals surface area contributed by atoms with Crippen LogP contribution in [0.2, 0.25) is 0 Å². The molecule has 0 aromatic carbocycles. The first-order valence-corrected chi connectivity index (χ1v) is 7.66. The number of nitrogens with zero attached hydrogens (tertiary/aromatic N) is 3. The molecule has 1 aliphatic heterocycles. The Morgan fingerprint density at radius 2 is 2.08 bits per heavy atom. The largest absolute Gasteiger partial charge is 0.451 e. The molecule has 1 amide bonds. The predicted molar refractivity (Wildman–Crippen MR) is 80.3 cm³/mol. The number of amides is 1. The van der Waals surface area contributed by atoms with Gasteiger partial charge in [-0.05, 0) is 32.8 Å². The Labute approximate surface area is 138 Å². The Morgan fingerprint density at radius 3 is 2.71 bits per heavy atom. The van der Waals surface area contributed by atoms with Gasteiger partial charge in [0.05, 0.1) is 5.69 Å². The molecule has 9 heteroatoms. The minimum Gasteiger partial charge on any atom is -0.444 e. The Balaban J connectivity index is 1.87. The number of carbonyl (C=O) groups excluding carboxylic acids is 1. The van der Waals surface area contributed by atoms with Crippen molar-refractivity contribution < 1.29 is 22.7 Å². The summed E-state index contributed by atoms with van der Waals surface area (Å²) >= 11 is 0. The molecule has 0 unspecified atom stereocenters. The van der Waals surface area contributed by atoms with Crippen LogP contribution in [-0.4, -0.2) is 46.2 Å². The molecule has 0 bridgehead atoms. The van der Waals surface area contributed by atoms with Crippen molar-refractivity contribution in [3.8, 4) is 0 Å². The highest BCUT2D eigenvalue weighted by molar-refractivity contribution is 5.67. The van der Waals surface area contributed by atoms with Crippen molar-refractivity contribution in [2.45, 2.75) is 45.5 Å². The number of nitrogens with one attached hydrogen (secondary N) is 1. The lowest BCUT2D eigenvalue weighted by atomic mass is 10.1. The predicted octanol–water partition coefficient (Wildman–Crippen LogP) is 2.38. The molecule has 2 heterocycles. The number of aromatic nitrogens is 2. The highest BCUT2D eigenvalue weighted by Crippen LogP contribution is 2.27. The zero-order chi connectivity index (χ0) is 18.0. The molecule has 1 N–H and O–H groups in total. The van der Waals surface area contributed by atoms with Crippen LogP contribution in [0.3, 0.4) is 0 Å². The van der Waals surface area contributed by atoms with E-state index < -0.39 is 23.7 Å². The second-order valence-electron chi connectivity index (χ2n) is 6.62. The monoisotopic (exact) mass is 346 g/mol. The number of fused-ring (bicyclic) bond motifs is 1. The normalized spacial score (nSPS) is 15.8. The second-order valence-corrected chi connectivity index (χ2v) is 6.62. The van der Waals surface area contributed by atoms with Crippen LogP contribution >= 0.6 is 0 Å². The molecule has 0 saturated heterocycles. The second kappa shape index (κ2) is 6.92. The molecule has 0 fully saturated rings. The molecule has 0 aliphatic carbocycles. The first-order valence-electron chi connectivity index (χ1n) is 7.66. The molecular formula is C15H21F3N4O2. The molecule has 0 radical (unpaired) electrons. The van der Waals surface area contributed by atoms with Gasteiger partial charge in [-0.1, -0.05) is 0 Å². The van der Waals surface area contributed by atoms with E-state index >= 15 is 0 Å². The average Bonchev–Trinajstić information content (AvgIpc) is 2.43. The third kappa shape index (κ3) is 5.33. The Morgan fingerprint density at radius 1 is 1.38 bits per heavy atom.